The Kier molecular flexibility index (Phi) is 4.80. The van der Waals surface area contributed by atoms with Gasteiger partial charge >= 0.3 is 0 Å². The SMILES string of the molecule is Cc1ccc(S(=O)(=O)NCc2cccnc2-c2ccsc2)c(C)c1. The van der Waals surface area contributed by atoms with Crippen LogP contribution in [0.25, 0.3) is 11.3 Å². The third-order valence-corrected chi connectivity index (χ3v) is 6.00. The summed E-state index contributed by atoms with van der Waals surface area (Å²) >= 11 is 1.59. The largest absolute Gasteiger partial charge is 0.256 e. The predicted molar refractivity (Wildman–Crippen MR) is 97.5 cm³/mol. The molecule has 3 aromatic rings. The zero-order chi connectivity index (χ0) is 17.2. The number of aryl methyl sites for hydroxylation is 2. The van der Waals surface area contributed by atoms with Gasteiger partial charge in [0.2, 0.25) is 10.0 Å². The van der Waals surface area contributed by atoms with Crippen molar-refractivity contribution in [1.82, 2.24) is 9.71 Å². The summed E-state index contributed by atoms with van der Waals surface area (Å²) in [6.45, 7) is 3.96. The lowest BCUT2D eigenvalue weighted by molar-refractivity contribution is 0.580. The van der Waals surface area contributed by atoms with Crippen molar-refractivity contribution >= 4 is 21.4 Å². The van der Waals surface area contributed by atoms with Crippen LogP contribution >= 0.6 is 11.3 Å². The molecule has 0 unspecified atom stereocenters. The lowest BCUT2D eigenvalue weighted by Crippen LogP contribution is -2.24. The number of nitrogens with zero attached hydrogens (tertiary/aromatic N) is 1. The quantitative estimate of drug-likeness (QED) is 0.752. The van der Waals surface area contributed by atoms with Gasteiger partial charge in [-0.3, -0.25) is 4.98 Å². The van der Waals surface area contributed by atoms with Crippen LogP contribution in [-0.4, -0.2) is 13.4 Å². The molecule has 1 aromatic carbocycles. The summed E-state index contributed by atoms with van der Waals surface area (Å²) in [4.78, 5) is 4.71. The van der Waals surface area contributed by atoms with Crippen LogP contribution in [0.2, 0.25) is 0 Å². The van der Waals surface area contributed by atoms with Gasteiger partial charge in [0.1, 0.15) is 0 Å². The van der Waals surface area contributed by atoms with Gasteiger partial charge in [0, 0.05) is 23.7 Å². The van der Waals surface area contributed by atoms with Crippen LogP contribution in [0.5, 0.6) is 0 Å². The minimum atomic E-state index is -3.57. The van der Waals surface area contributed by atoms with Crippen molar-refractivity contribution in [3.8, 4) is 11.3 Å². The van der Waals surface area contributed by atoms with Gasteiger partial charge in [-0.05, 0) is 48.6 Å². The highest BCUT2D eigenvalue weighted by molar-refractivity contribution is 7.89. The van der Waals surface area contributed by atoms with E-state index >= 15 is 0 Å². The molecule has 0 bridgehead atoms. The van der Waals surface area contributed by atoms with Crippen molar-refractivity contribution < 1.29 is 8.42 Å². The van der Waals surface area contributed by atoms with Gasteiger partial charge in [-0.25, -0.2) is 13.1 Å². The number of thiophene rings is 1. The van der Waals surface area contributed by atoms with E-state index in [9.17, 15) is 8.42 Å². The minimum Gasteiger partial charge on any atom is -0.256 e. The summed E-state index contributed by atoms with van der Waals surface area (Å²) in [7, 11) is -3.57. The Morgan fingerprint density at radius 3 is 2.71 bits per heavy atom. The highest BCUT2D eigenvalue weighted by Gasteiger charge is 2.17. The number of sulfonamides is 1. The van der Waals surface area contributed by atoms with Crippen LogP contribution in [0.3, 0.4) is 0 Å². The Bertz CT molecular complexity index is 949. The monoisotopic (exact) mass is 358 g/mol. The summed E-state index contributed by atoms with van der Waals surface area (Å²) in [5.74, 6) is 0. The molecule has 0 saturated heterocycles. The molecule has 2 heterocycles. The van der Waals surface area contributed by atoms with E-state index in [4.69, 9.17) is 0 Å². The third-order valence-electron chi connectivity index (χ3n) is 3.76. The molecular formula is C18H18N2O2S2. The molecule has 0 amide bonds. The molecule has 0 fully saturated rings. The maximum atomic E-state index is 12.6. The van der Waals surface area contributed by atoms with Gasteiger partial charge in [-0.1, -0.05) is 23.8 Å². The van der Waals surface area contributed by atoms with Crippen molar-refractivity contribution in [2.75, 3.05) is 0 Å². The van der Waals surface area contributed by atoms with Crippen LogP contribution in [0.4, 0.5) is 0 Å². The number of hydrogen-bond donors (Lipinski definition) is 1. The van der Waals surface area contributed by atoms with E-state index in [2.05, 4.69) is 9.71 Å². The number of pyridine rings is 1. The van der Waals surface area contributed by atoms with Crippen molar-refractivity contribution in [2.24, 2.45) is 0 Å². The molecule has 3 rings (SSSR count). The van der Waals surface area contributed by atoms with E-state index in [1.807, 2.05) is 54.9 Å². The van der Waals surface area contributed by atoms with Crippen LogP contribution in [-0.2, 0) is 16.6 Å². The van der Waals surface area contributed by atoms with Gasteiger partial charge in [0.05, 0.1) is 10.6 Å². The molecule has 0 saturated carbocycles. The standard InChI is InChI=1S/C18H18N2O2S2/c1-13-5-6-17(14(2)10-13)24(21,22)20-11-15-4-3-8-19-18(15)16-7-9-23-12-16/h3-10,12,20H,11H2,1-2H3. The van der Waals surface area contributed by atoms with Crippen LogP contribution in [0.1, 0.15) is 16.7 Å². The third kappa shape index (κ3) is 3.56. The normalized spacial score (nSPS) is 11.6. The number of rotatable bonds is 5. The van der Waals surface area contributed by atoms with E-state index < -0.39 is 10.0 Å². The van der Waals surface area contributed by atoms with Gasteiger partial charge < -0.3 is 0 Å². The molecule has 0 radical (unpaired) electrons. The first-order valence-electron chi connectivity index (χ1n) is 7.51. The first kappa shape index (κ1) is 16.8. The summed E-state index contributed by atoms with van der Waals surface area (Å²) in [5, 5.41) is 3.98. The molecule has 0 spiro atoms. The Labute approximate surface area is 146 Å². The van der Waals surface area contributed by atoms with Crippen molar-refractivity contribution in [3.63, 3.8) is 0 Å². The lowest BCUT2D eigenvalue weighted by Gasteiger charge is -2.11. The fourth-order valence-corrected chi connectivity index (χ4v) is 4.46. The first-order chi connectivity index (χ1) is 11.5. The maximum Gasteiger partial charge on any atom is 0.241 e. The molecule has 24 heavy (non-hydrogen) atoms. The van der Waals surface area contributed by atoms with Gasteiger partial charge in [0.15, 0.2) is 0 Å². The molecule has 2 aromatic heterocycles. The van der Waals surface area contributed by atoms with E-state index in [-0.39, 0.29) is 6.54 Å². The predicted octanol–water partition coefficient (Wildman–Crippen LogP) is 3.91. The average molecular weight is 358 g/mol. The maximum absolute atomic E-state index is 12.6. The van der Waals surface area contributed by atoms with E-state index in [0.717, 1.165) is 27.9 Å². The summed E-state index contributed by atoms with van der Waals surface area (Å²) < 4.78 is 27.9. The van der Waals surface area contributed by atoms with Crippen molar-refractivity contribution in [1.29, 1.82) is 0 Å². The smallest absolute Gasteiger partial charge is 0.241 e. The number of aromatic nitrogens is 1. The number of benzene rings is 1. The molecule has 0 aliphatic heterocycles. The molecular weight excluding hydrogens is 340 g/mol. The Hall–Kier alpha value is -2.02. The Morgan fingerprint density at radius 1 is 1.17 bits per heavy atom. The second-order valence-corrected chi connectivity index (χ2v) is 8.13. The minimum absolute atomic E-state index is 0.203. The van der Waals surface area contributed by atoms with E-state index in [1.54, 1.807) is 23.6 Å². The van der Waals surface area contributed by atoms with Crippen LogP contribution in [0.15, 0.2) is 58.3 Å². The fourth-order valence-electron chi connectivity index (χ4n) is 2.59. The van der Waals surface area contributed by atoms with Gasteiger partial charge in [-0.2, -0.15) is 11.3 Å². The van der Waals surface area contributed by atoms with E-state index in [1.165, 1.54) is 0 Å². The first-order valence-corrected chi connectivity index (χ1v) is 9.93. The zero-order valence-electron chi connectivity index (χ0n) is 13.5. The Balaban J connectivity index is 1.86. The molecule has 0 aliphatic carbocycles. The summed E-state index contributed by atoms with van der Waals surface area (Å²) in [6.07, 6.45) is 1.72. The number of nitrogens with one attached hydrogen (secondary N) is 1. The van der Waals surface area contributed by atoms with Gasteiger partial charge in [0.25, 0.3) is 0 Å². The highest BCUT2D eigenvalue weighted by Crippen LogP contribution is 2.24. The molecule has 124 valence electrons. The molecule has 0 atom stereocenters. The average Bonchev–Trinajstić information content (AvgIpc) is 3.07. The molecule has 0 aliphatic rings. The Morgan fingerprint density at radius 2 is 2.00 bits per heavy atom. The van der Waals surface area contributed by atoms with Crippen molar-refractivity contribution in [2.45, 2.75) is 25.3 Å². The highest BCUT2D eigenvalue weighted by atomic mass is 32.2. The topological polar surface area (TPSA) is 59.1 Å². The van der Waals surface area contributed by atoms with Crippen LogP contribution in [0, 0.1) is 13.8 Å². The summed E-state index contributed by atoms with van der Waals surface area (Å²) in [6, 6.07) is 11.0. The van der Waals surface area contributed by atoms with Crippen LogP contribution < -0.4 is 4.72 Å². The molecule has 1 N–H and O–H groups in total. The van der Waals surface area contributed by atoms with E-state index in [0.29, 0.717) is 4.90 Å². The molecule has 4 nitrogen and oxygen atoms in total. The summed E-state index contributed by atoms with van der Waals surface area (Å²) in [5.41, 5.74) is 4.44. The fraction of sp³-hybridized carbons (Fsp3) is 0.167. The second-order valence-electron chi connectivity index (χ2n) is 5.62. The zero-order valence-corrected chi connectivity index (χ0v) is 15.1. The lowest BCUT2D eigenvalue weighted by atomic mass is 10.1. The van der Waals surface area contributed by atoms with Gasteiger partial charge in [-0.15, -0.1) is 0 Å². The van der Waals surface area contributed by atoms with Crippen molar-refractivity contribution in [3.05, 3.63) is 70.0 Å². The number of hydrogen-bond acceptors (Lipinski definition) is 4. The molecule has 6 heteroatoms. The second kappa shape index (κ2) is 6.84.